The molecular weight excluding hydrogens is 573 g/mol. The number of pyridine rings is 1. The van der Waals surface area contributed by atoms with Gasteiger partial charge in [0.1, 0.15) is 0 Å². The Labute approximate surface area is 282 Å². The van der Waals surface area contributed by atoms with E-state index in [9.17, 15) is 5.11 Å². The van der Waals surface area contributed by atoms with Crippen molar-refractivity contribution in [3.8, 4) is 0 Å². The van der Waals surface area contributed by atoms with E-state index >= 15 is 0 Å². The molecule has 0 aliphatic heterocycles. The zero-order valence-electron chi connectivity index (χ0n) is 25.9. The average Bonchev–Trinajstić information content (AvgIpc) is 3.76. The van der Waals surface area contributed by atoms with Crippen molar-refractivity contribution in [1.29, 1.82) is 0 Å². The number of nitrogens with zero attached hydrogens (tertiary/aromatic N) is 1. The minimum Gasteiger partial charge on any atom is -1.00 e. The molecule has 3 aromatic carbocycles. The second-order valence-electron chi connectivity index (χ2n) is 11.1. The van der Waals surface area contributed by atoms with Gasteiger partial charge in [0.2, 0.25) is 0 Å². The topological polar surface area (TPSA) is 70.4 Å². The van der Waals surface area contributed by atoms with Gasteiger partial charge in [-0.1, -0.05) is 78.3 Å². The Bertz CT molecular complexity index is 1520. The molecule has 0 saturated heterocycles. The maximum absolute atomic E-state index is 10.7. The number of aromatic nitrogens is 1. The Kier molecular flexibility index (Phi) is 13.2. The van der Waals surface area contributed by atoms with Crippen LogP contribution in [0.4, 0.5) is 0 Å². The van der Waals surface area contributed by atoms with Crippen LogP contribution in [0.25, 0.3) is 23.1 Å². The minimum atomic E-state index is -0.833. The van der Waals surface area contributed by atoms with Crippen LogP contribution in [0.2, 0.25) is 5.02 Å². The van der Waals surface area contributed by atoms with Gasteiger partial charge in [-0.2, -0.15) is 11.8 Å². The Morgan fingerprint density at radius 1 is 1.07 bits per heavy atom. The summed E-state index contributed by atoms with van der Waals surface area (Å²) in [4.78, 5) is 13.8. The molecule has 0 radical (unpaired) electrons. The number of fused-ring (bicyclic) bond motifs is 1. The van der Waals surface area contributed by atoms with Crippen molar-refractivity contribution in [2.75, 3.05) is 5.75 Å². The fourth-order valence-electron chi connectivity index (χ4n) is 4.75. The summed E-state index contributed by atoms with van der Waals surface area (Å²) in [5.41, 5.74) is 5.81. The molecule has 4 nitrogen and oxygen atoms in total. The van der Waals surface area contributed by atoms with E-state index < -0.39 is 11.6 Å². The van der Waals surface area contributed by atoms with E-state index in [4.69, 9.17) is 26.5 Å². The summed E-state index contributed by atoms with van der Waals surface area (Å²) >= 11 is 8.26. The van der Waals surface area contributed by atoms with Crippen molar-refractivity contribution in [2.24, 2.45) is 5.92 Å². The summed E-state index contributed by atoms with van der Waals surface area (Å²) in [6.07, 6.45) is 8.96. The first-order chi connectivity index (χ1) is 19.6. The third kappa shape index (κ3) is 10.9. The van der Waals surface area contributed by atoms with Crippen molar-refractivity contribution in [3.63, 3.8) is 0 Å². The molecule has 7 heteroatoms. The second-order valence-corrected chi connectivity index (χ2v) is 12.8. The number of aliphatic carboxylic acids is 1. The molecule has 0 amide bonds. The predicted molar refractivity (Wildman–Crippen MR) is 174 cm³/mol. The van der Waals surface area contributed by atoms with Gasteiger partial charge in [0.05, 0.1) is 16.8 Å². The largest absolute Gasteiger partial charge is 1.00 e. The van der Waals surface area contributed by atoms with Gasteiger partial charge in [0, 0.05) is 22.6 Å². The molecule has 1 aromatic heterocycles. The monoisotopic (exact) mass is 611 g/mol. The molecule has 4 aromatic rings. The summed E-state index contributed by atoms with van der Waals surface area (Å²) in [7, 11) is 0. The number of halogens is 1. The summed E-state index contributed by atoms with van der Waals surface area (Å²) in [5, 5.41) is 20.3. The summed E-state index contributed by atoms with van der Waals surface area (Å²) < 4.78 is 0. The minimum absolute atomic E-state index is 0. The van der Waals surface area contributed by atoms with E-state index in [1.54, 1.807) is 0 Å². The standard InChI is InChI=1S/C33H34ClNOS.C2H4O2.Na.H/c1-33(2,36)30-9-4-3-7-25(30)15-19-32(37-22-24-10-11-24)27-8-5-6-23(20-27)12-17-29-18-14-26-13-16-28(34)21-31(26)35-29;1-2(3)4;;/h3-9,12-14,16-18,20-21,24,32,36H,10-11,15,19,22H2,1-2H3;1H3,(H,3,4);;/q;;+1;-1/b17-12+;;;. The molecule has 216 valence electrons. The van der Waals surface area contributed by atoms with E-state index in [1.807, 2.05) is 44.2 Å². The fourth-order valence-corrected chi connectivity index (χ4v) is 6.38. The summed E-state index contributed by atoms with van der Waals surface area (Å²) in [6, 6.07) is 27.2. The molecular formula is C35H39ClNNaO3S. The van der Waals surface area contributed by atoms with Crippen LogP contribution in [0.15, 0.2) is 78.9 Å². The van der Waals surface area contributed by atoms with E-state index in [1.165, 1.54) is 35.3 Å². The van der Waals surface area contributed by atoms with Gasteiger partial charge in [0.25, 0.3) is 5.97 Å². The normalized spacial score (nSPS) is 13.7. The second kappa shape index (κ2) is 16.1. The number of carboxylic acids is 1. The number of hydrogen-bond acceptors (Lipinski definition) is 4. The molecule has 2 N–H and O–H groups in total. The Balaban J connectivity index is 0.00000101. The molecule has 1 aliphatic carbocycles. The zero-order chi connectivity index (χ0) is 29.4. The van der Waals surface area contributed by atoms with E-state index in [0.29, 0.717) is 10.3 Å². The van der Waals surface area contributed by atoms with Crippen LogP contribution in [-0.2, 0) is 16.8 Å². The van der Waals surface area contributed by atoms with Gasteiger partial charge >= 0.3 is 29.6 Å². The van der Waals surface area contributed by atoms with Crippen LogP contribution in [0.1, 0.15) is 74.7 Å². The van der Waals surface area contributed by atoms with Crippen molar-refractivity contribution in [1.82, 2.24) is 4.98 Å². The van der Waals surface area contributed by atoms with Gasteiger partial charge in [-0.25, -0.2) is 4.98 Å². The van der Waals surface area contributed by atoms with Gasteiger partial charge in [-0.05, 0) is 97.7 Å². The molecule has 0 bridgehead atoms. The molecule has 1 unspecified atom stereocenters. The number of hydrogen-bond donors (Lipinski definition) is 2. The SMILES string of the molecule is CC(=O)O.CC(C)(O)c1ccccc1CCC(SCC1CC1)c1cccc(/C=C/c2ccc3ccc(Cl)cc3n2)c1.[H-].[Na+]. The first-order valence-corrected chi connectivity index (χ1v) is 15.5. The maximum atomic E-state index is 10.7. The molecule has 42 heavy (non-hydrogen) atoms. The number of thioether (sulfide) groups is 1. The summed E-state index contributed by atoms with van der Waals surface area (Å²) in [6.45, 7) is 4.83. The maximum Gasteiger partial charge on any atom is 1.00 e. The molecule has 5 rings (SSSR count). The smallest absolute Gasteiger partial charge is 1.00 e. The molecule has 1 saturated carbocycles. The molecule has 1 atom stereocenters. The number of aryl methyl sites for hydroxylation is 1. The predicted octanol–water partition coefficient (Wildman–Crippen LogP) is 6.31. The van der Waals surface area contributed by atoms with Gasteiger partial charge in [-0.3, -0.25) is 4.79 Å². The van der Waals surface area contributed by atoms with E-state index in [-0.39, 0.29) is 31.0 Å². The third-order valence-corrected chi connectivity index (χ3v) is 8.80. The van der Waals surface area contributed by atoms with Gasteiger partial charge in [0.15, 0.2) is 0 Å². The van der Waals surface area contributed by atoms with Crippen LogP contribution < -0.4 is 29.6 Å². The number of carboxylic acid groups (broad SMARTS) is 1. The van der Waals surface area contributed by atoms with Crippen LogP contribution in [-0.4, -0.2) is 26.9 Å². The number of carbonyl (C=O) groups is 1. The van der Waals surface area contributed by atoms with Gasteiger partial charge < -0.3 is 11.6 Å². The van der Waals surface area contributed by atoms with Crippen LogP contribution in [0.5, 0.6) is 0 Å². The number of aliphatic hydroxyl groups is 1. The van der Waals surface area contributed by atoms with Crippen molar-refractivity contribution in [2.45, 2.75) is 57.3 Å². The molecule has 1 fully saturated rings. The van der Waals surface area contributed by atoms with E-state index in [0.717, 1.165) is 47.8 Å². The summed E-state index contributed by atoms with van der Waals surface area (Å²) in [5.74, 6) is 1.27. The van der Waals surface area contributed by atoms with Crippen LogP contribution >= 0.6 is 23.4 Å². The van der Waals surface area contributed by atoms with Crippen molar-refractivity contribution >= 4 is 52.4 Å². The quantitative estimate of drug-likeness (QED) is 0.206. The zero-order valence-corrected chi connectivity index (χ0v) is 28.5. The Hall–Kier alpha value is -2.12. The van der Waals surface area contributed by atoms with Crippen molar-refractivity contribution < 1.29 is 46.0 Å². The number of rotatable bonds is 10. The third-order valence-electron chi connectivity index (χ3n) is 6.99. The van der Waals surface area contributed by atoms with Crippen LogP contribution in [0, 0.1) is 5.92 Å². The first-order valence-electron chi connectivity index (χ1n) is 14.0. The van der Waals surface area contributed by atoms with Crippen molar-refractivity contribution in [3.05, 3.63) is 112 Å². The fraction of sp³-hybridized carbons (Fsp3) is 0.314. The Morgan fingerprint density at radius 2 is 1.79 bits per heavy atom. The number of benzene rings is 3. The first kappa shape index (κ1) is 34.4. The molecule has 0 spiro atoms. The van der Waals surface area contributed by atoms with Crippen LogP contribution in [0.3, 0.4) is 0 Å². The molecule has 1 aliphatic rings. The molecule has 1 heterocycles. The van der Waals surface area contributed by atoms with E-state index in [2.05, 4.69) is 72.4 Å². The average molecular weight is 612 g/mol. The van der Waals surface area contributed by atoms with Gasteiger partial charge in [-0.15, -0.1) is 0 Å². The Morgan fingerprint density at radius 3 is 2.50 bits per heavy atom.